The van der Waals surface area contributed by atoms with Crippen molar-refractivity contribution in [2.75, 3.05) is 5.32 Å². The third-order valence-electron chi connectivity index (χ3n) is 5.12. The fourth-order valence-electron chi connectivity index (χ4n) is 3.68. The van der Waals surface area contributed by atoms with Crippen LogP contribution in [0, 0.1) is 0 Å². The smallest absolute Gasteiger partial charge is 0.263 e. The van der Waals surface area contributed by atoms with Crippen LogP contribution in [0.25, 0.3) is 22.2 Å². The van der Waals surface area contributed by atoms with Crippen molar-refractivity contribution in [2.24, 2.45) is 0 Å². The third-order valence-corrected chi connectivity index (χ3v) is 5.87. The number of benzene rings is 2. The van der Waals surface area contributed by atoms with Gasteiger partial charge in [-0.3, -0.25) is 14.9 Å². The van der Waals surface area contributed by atoms with Crippen LogP contribution in [-0.2, 0) is 12.8 Å². The van der Waals surface area contributed by atoms with Gasteiger partial charge in [-0.1, -0.05) is 30.3 Å². The highest BCUT2D eigenvalue weighted by molar-refractivity contribution is 7.14. The lowest BCUT2D eigenvalue weighted by Gasteiger charge is -2.04. The standard InChI is InChI=1S/C22H17N3O2S/c26-20-17(11-15-4-1-2-7-18(15)23-20)21(27)25-22-24-19(12-28-22)16-9-8-13-5-3-6-14(13)10-16/h1-2,4,7-12H,3,5-6H2,(H,23,26)(H,24,25,27). The third kappa shape index (κ3) is 3.01. The summed E-state index contributed by atoms with van der Waals surface area (Å²) in [5, 5.41) is 5.97. The molecule has 0 atom stereocenters. The first kappa shape index (κ1) is 16.9. The number of aromatic nitrogens is 2. The minimum absolute atomic E-state index is 0.0768. The number of aromatic amines is 1. The highest BCUT2D eigenvalue weighted by Crippen LogP contribution is 2.30. The average Bonchev–Trinajstić information content (AvgIpc) is 3.36. The summed E-state index contributed by atoms with van der Waals surface area (Å²) < 4.78 is 0. The van der Waals surface area contributed by atoms with E-state index in [4.69, 9.17) is 0 Å². The Bertz CT molecular complexity index is 1270. The summed E-state index contributed by atoms with van der Waals surface area (Å²) in [6.07, 6.45) is 3.47. The van der Waals surface area contributed by atoms with Gasteiger partial charge in [-0.25, -0.2) is 4.98 Å². The van der Waals surface area contributed by atoms with Crippen molar-refractivity contribution in [3.8, 4) is 11.3 Å². The van der Waals surface area contributed by atoms with E-state index >= 15 is 0 Å². The number of nitrogens with zero attached hydrogens (tertiary/aromatic N) is 1. The number of carbonyl (C=O) groups is 1. The average molecular weight is 387 g/mol. The Morgan fingerprint density at radius 1 is 1.07 bits per heavy atom. The van der Waals surface area contributed by atoms with E-state index < -0.39 is 11.5 Å². The van der Waals surface area contributed by atoms with E-state index in [1.165, 1.54) is 28.9 Å². The van der Waals surface area contributed by atoms with Gasteiger partial charge in [0.15, 0.2) is 5.13 Å². The molecule has 0 radical (unpaired) electrons. The minimum Gasteiger partial charge on any atom is -0.321 e. The van der Waals surface area contributed by atoms with Crippen molar-refractivity contribution in [1.29, 1.82) is 0 Å². The number of thiazole rings is 1. The molecule has 0 saturated carbocycles. The summed E-state index contributed by atoms with van der Waals surface area (Å²) >= 11 is 1.35. The second-order valence-electron chi connectivity index (χ2n) is 6.93. The fourth-order valence-corrected chi connectivity index (χ4v) is 4.39. The lowest BCUT2D eigenvalue weighted by atomic mass is 10.1. The van der Waals surface area contributed by atoms with Crippen LogP contribution in [-0.4, -0.2) is 15.9 Å². The van der Waals surface area contributed by atoms with E-state index in [1.807, 2.05) is 29.6 Å². The summed E-state index contributed by atoms with van der Waals surface area (Å²) in [6, 6.07) is 15.4. The van der Waals surface area contributed by atoms with Gasteiger partial charge >= 0.3 is 0 Å². The van der Waals surface area contributed by atoms with E-state index in [0.29, 0.717) is 10.6 Å². The maximum atomic E-state index is 12.6. The summed E-state index contributed by atoms with van der Waals surface area (Å²) in [6.45, 7) is 0. The van der Waals surface area contributed by atoms with E-state index in [2.05, 4.69) is 33.5 Å². The summed E-state index contributed by atoms with van der Waals surface area (Å²) in [5.74, 6) is -0.457. The maximum Gasteiger partial charge on any atom is 0.263 e. The van der Waals surface area contributed by atoms with Gasteiger partial charge in [0.25, 0.3) is 11.5 Å². The molecule has 0 fully saturated rings. The van der Waals surface area contributed by atoms with Gasteiger partial charge in [-0.2, -0.15) is 0 Å². The van der Waals surface area contributed by atoms with Crippen molar-refractivity contribution < 1.29 is 4.79 Å². The number of amides is 1. The molecule has 5 rings (SSSR count). The number of anilines is 1. The maximum absolute atomic E-state index is 12.6. The van der Waals surface area contributed by atoms with Gasteiger partial charge in [0, 0.05) is 16.5 Å². The Morgan fingerprint density at radius 3 is 2.86 bits per heavy atom. The Kier molecular flexibility index (Phi) is 4.06. The second-order valence-corrected chi connectivity index (χ2v) is 7.79. The molecular weight excluding hydrogens is 370 g/mol. The number of nitrogens with one attached hydrogen (secondary N) is 2. The number of H-pyrrole nitrogens is 1. The van der Waals surface area contributed by atoms with Gasteiger partial charge in [-0.15, -0.1) is 11.3 Å². The van der Waals surface area contributed by atoms with Gasteiger partial charge in [0.2, 0.25) is 0 Å². The molecule has 28 heavy (non-hydrogen) atoms. The molecule has 2 aromatic heterocycles. The molecule has 2 aromatic carbocycles. The molecule has 2 heterocycles. The first-order valence-corrected chi connectivity index (χ1v) is 10.1. The molecule has 0 unspecified atom stereocenters. The van der Waals surface area contributed by atoms with E-state index in [1.54, 1.807) is 6.07 Å². The number of aryl methyl sites for hydroxylation is 2. The van der Waals surface area contributed by atoms with Gasteiger partial charge in [-0.05, 0) is 54.0 Å². The molecular formula is C22H17N3O2S. The SMILES string of the molecule is O=C(Nc1nc(-c2ccc3c(c2)CCC3)cs1)c1cc2ccccc2[nH]c1=O. The monoisotopic (exact) mass is 387 g/mol. The van der Waals surface area contributed by atoms with Gasteiger partial charge < -0.3 is 4.98 Å². The molecule has 0 saturated heterocycles. The first-order valence-electron chi connectivity index (χ1n) is 9.18. The van der Waals surface area contributed by atoms with Crippen molar-refractivity contribution >= 4 is 33.3 Å². The summed E-state index contributed by atoms with van der Waals surface area (Å²) in [5.41, 5.74) is 5.07. The van der Waals surface area contributed by atoms with Crippen molar-refractivity contribution in [3.05, 3.63) is 81.0 Å². The second kappa shape index (κ2) is 6.73. The summed E-state index contributed by atoms with van der Waals surface area (Å²) in [4.78, 5) is 32.2. The normalized spacial score (nSPS) is 12.9. The molecule has 6 heteroatoms. The lowest BCUT2D eigenvalue weighted by Crippen LogP contribution is -2.22. The number of rotatable bonds is 3. The Labute approximate surface area is 165 Å². The van der Waals surface area contributed by atoms with Crippen LogP contribution in [0.4, 0.5) is 5.13 Å². The van der Waals surface area contributed by atoms with Gasteiger partial charge in [0.1, 0.15) is 5.56 Å². The molecule has 5 nitrogen and oxygen atoms in total. The molecule has 4 aromatic rings. The van der Waals surface area contributed by atoms with Crippen molar-refractivity contribution in [2.45, 2.75) is 19.3 Å². The topological polar surface area (TPSA) is 74.8 Å². The van der Waals surface area contributed by atoms with Crippen LogP contribution in [0.1, 0.15) is 27.9 Å². The van der Waals surface area contributed by atoms with E-state index in [0.717, 1.165) is 29.5 Å². The molecule has 1 amide bonds. The van der Waals surface area contributed by atoms with Crippen LogP contribution in [0.15, 0.2) is 58.7 Å². The molecule has 2 N–H and O–H groups in total. The van der Waals surface area contributed by atoms with Gasteiger partial charge in [0.05, 0.1) is 5.69 Å². The highest BCUT2D eigenvalue weighted by Gasteiger charge is 2.16. The minimum atomic E-state index is -0.457. The van der Waals surface area contributed by atoms with Crippen LogP contribution in [0.3, 0.4) is 0 Å². The number of carbonyl (C=O) groups excluding carboxylic acids is 1. The predicted octanol–water partition coefficient (Wildman–Crippen LogP) is 4.39. The first-order chi connectivity index (χ1) is 13.7. The number of fused-ring (bicyclic) bond motifs is 2. The highest BCUT2D eigenvalue weighted by atomic mass is 32.1. The van der Waals surface area contributed by atoms with Crippen LogP contribution in [0.2, 0.25) is 0 Å². The Hall–Kier alpha value is -3.25. The van der Waals surface area contributed by atoms with Crippen LogP contribution >= 0.6 is 11.3 Å². The van der Waals surface area contributed by atoms with Crippen LogP contribution < -0.4 is 10.9 Å². The quantitative estimate of drug-likeness (QED) is 0.547. The Morgan fingerprint density at radius 2 is 1.93 bits per heavy atom. The zero-order valence-corrected chi connectivity index (χ0v) is 15.8. The summed E-state index contributed by atoms with van der Waals surface area (Å²) in [7, 11) is 0. The lowest BCUT2D eigenvalue weighted by molar-refractivity contribution is 0.102. The molecule has 138 valence electrons. The van der Waals surface area contributed by atoms with E-state index in [9.17, 15) is 9.59 Å². The largest absolute Gasteiger partial charge is 0.321 e. The fraction of sp³-hybridized carbons (Fsp3) is 0.136. The zero-order chi connectivity index (χ0) is 19.1. The molecule has 0 bridgehead atoms. The number of pyridine rings is 1. The predicted molar refractivity (Wildman–Crippen MR) is 112 cm³/mol. The molecule has 0 aliphatic heterocycles. The van der Waals surface area contributed by atoms with Crippen molar-refractivity contribution in [3.63, 3.8) is 0 Å². The van der Waals surface area contributed by atoms with Crippen molar-refractivity contribution in [1.82, 2.24) is 9.97 Å². The zero-order valence-electron chi connectivity index (χ0n) is 15.0. The Balaban J connectivity index is 1.41. The van der Waals surface area contributed by atoms with Crippen LogP contribution in [0.5, 0.6) is 0 Å². The number of hydrogen-bond donors (Lipinski definition) is 2. The number of hydrogen-bond acceptors (Lipinski definition) is 4. The molecule has 1 aliphatic rings. The van der Waals surface area contributed by atoms with E-state index in [-0.39, 0.29) is 5.56 Å². The molecule has 0 spiro atoms. The number of para-hydroxylation sites is 1. The molecule has 1 aliphatic carbocycles.